The van der Waals surface area contributed by atoms with Gasteiger partial charge in [-0.2, -0.15) is 0 Å². The molecule has 6 nitrogen and oxygen atoms in total. The number of methoxy groups -OCH3 is 1. The third-order valence-corrected chi connectivity index (χ3v) is 5.67. The summed E-state index contributed by atoms with van der Waals surface area (Å²) in [4.78, 5) is 7.25. The van der Waals surface area contributed by atoms with Crippen molar-refractivity contribution in [3.63, 3.8) is 0 Å². The van der Waals surface area contributed by atoms with Crippen molar-refractivity contribution in [2.45, 2.75) is 57.2 Å². The second kappa shape index (κ2) is 11.8. The highest BCUT2D eigenvalue weighted by molar-refractivity contribution is 14.0. The number of likely N-dealkylation sites (tertiary alicyclic amines) is 1. The predicted octanol–water partition coefficient (Wildman–Crippen LogP) is 2.92. The van der Waals surface area contributed by atoms with E-state index in [-0.39, 0.29) is 24.0 Å². The summed E-state index contributed by atoms with van der Waals surface area (Å²) in [6.07, 6.45) is 6.01. The number of hydrogen-bond donors (Lipinski definition) is 3. The van der Waals surface area contributed by atoms with E-state index in [1.165, 1.54) is 32.2 Å². The van der Waals surface area contributed by atoms with E-state index in [0.717, 1.165) is 42.8 Å². The lowest BCUT2D eigenvalue weighted by molar-refractivity contribution is 0.187. The Labute approximate surface area is 186 Å². The lowest BCUT2D eigenvalue weighted by atomic mass is 10.1. The van der Waals surface area contributed by atoms with E-state index in [4.69, 9.17) is 4.74 Å². The minimum Gasteiger partial charge on any atom is -0.497 e. The van der Waals surface area contributed by atoms with Crippen LogP contribution in [0.2, 0.25) is 0 Å². The molecule has 0 spiro atoms. The first-order valence-electron chi connectivity index (χ1n) is 10.3. The molecule has 1 aromatic carbocycles. The Morgan fingerprint density at radius 3 is 2.61 bits per heavy atom. The Bertz CT molecular complexity index is 605. The van der Waals surface area contributed by atoms with E-state index in [1.807, 2.05) is 24.3 Å². The topological polar surface area (TPSA) is 69.1 Å². The highest BCUT2D eigenvalue weighted by atomic mass is 127. The van der Waals surface area contributed by atoms with Gasteiger partial charge in [-0.1, -0.05) is 25.0 Å². The molecular formula is C21H35IN4O2. The smallest absolute Gasteiger partial charge is 0.191 e. The molecule has 1 aliphatic carbocycles. The Morgan fingerprint density at radius 1 is 1.25 bits per heavy atom. The standard InChI is InChI=1S/C21H34N4O2.HI/c1-3-22-21(23-14-20(26)16-8-10-19(27-2)11-9-16)24-17-12-13-25(15-17)18-6-4-5-7-18;/h8-11,17-18,20,26H,3-7,12-15H2,1-2H3,(H2,22,23,24);1H. The number of ether oxygens (including phenoxy) is 1. The van der Waals surface area contributed by atoms with E-state index in [9.17, 15) is 5.11 Å². The predicted molar refractivity (Wildman–Crippen MR) is 125 cm³/mol. The Kier molecular flexibility index (Phi) is 9.81. The maximum Gasteiger partial charge on any atom is 0.191 e. The fraction of sp³-hybridized carbons (Fsp3) is 0.667. The summed E-state index contributed by atoms with van der Waals surface area (Å²) in [7, 11) is 1.64. The van der Waals surface area contributed by atoms with Crippen molar-refractivity contribution in [2.75, 3.05) is 33.3 Å². The van der Waals surface area contributed by atoms with Gasteiger partial charge in [-0.05, 0) is 43.9 Å². The minimum absolute atomic E-state index is 0. The summed E-state index contributed by atoms with van der Waals surface area (Å²) in [5, 5.41) is 17.3. The van der Waals surface area contributed by atoms with Gasteiger partial charge in [0.2, 0.25) is 0 Å². The molecule has 0 bridgehead atoms. The van der Waals surface area contributed by atoms with Gasteiger partial charge in [-0.3, -0.25) is 9.89 Å². The zero-order valence-electron chi connectivity index (χ0n) is 17.1. The van der Waals surface area contributed by atoms with Crippen molar-refractivity contribution in [2.24, 2.45) is 4.99 Å². The largest absolute Gasteiger partial charge is 0.497 e. The van der Waals surface area contributed by atoms with Gasteiger partial charge in [0.15, 0.2) is 5.96 Å². The van der Waals surface area contributed by atoms with Gasteiger partial charge in [-0.15, -0.1) is 24.0 Å². The van der Waals surface area contributed by atoms with E-state index < -0.39 is 6.10 Å². The van der Waals surface area contributed by atoms with Crippen LogP contribution in [0.4, 0.5) is 0 Å². The van der Waals surface area contributed by atoms with Crippen molar-refractivity contribution in [3.8, 4) is 5.75 Å². The van der Waals surface area contributed by atoms with E-state index in [1.54, 1.807) is 7.11 Å². The Morgan fingerprint density at radius 2 is 1.96 bits per heavy atom. The summed E-state index contributed by atoms with van der Waals surface area (Å²) < 4.78 is 5.17. The van der Waals surface area contributed by atoms with Crippen LogP contribution >= 0.6 is 24.0 Å². The van der Waals surface area contributed by atoms with Crippen LogP contribution in [0, 0.1) is 0 Å². The molecule has 2 fully saturated rings. The quantitative estimate of drug-likeness (QED) is 0.304. The third kappa shape index (κ3) is 6.49. The number of aliphatic hydroxyl groups excluding tert-OH is 1. The molecule has 28 heavy (non-hydrogen) atoms. The van der Waals surface area contributed by atoms with Crippen LogP contribution in [0.25, 0.3) is 0 Å². The number of aliphatic imine (C=N–C) groups is 1. The third-order valence-electron chi connectivity index (χ3n) is 5.67. The highest BCUT2D eigenvalue weighted by Gasteiger charge is 2.30. The maximum atomic E-state index is 10.4. The molecule has 1 saturated heterocycles. The fourth-order valence-corrected chi connectivity index (χ4v) is 4.13. The van der Waals surface area contributed by atoms with Crippen molar-refractivity contribution in [1.82, 2.24) is 15.5 Å². The molecule has 1 heterocycles. The molecule has 1 saturated carbocycles. The molecule has 2 atom stereocenters. The molecule has 7 heteroatoms. The van der Waals surface area contributed by atoms with Gasteiger partial charge >= 0.3 is 0 Å². The first-order valence-corrected chi connectivity index (χ1v) is 10.3. The molecule has 1 aromatic rings. The Hall–Kier alpha value is -1.06. The van der Waals surface area contributed by atoms with Crippen LogP contribution in [-0.4, -0.2) is 61.3 Å². The van der Waals surface area contributed by atoms with Gasteiger partial charge < -0.3 is 20.5 Å². The van der Waals surface area contributed by atoms with Gasteiger partial charge in [0.1, 0.15) is 5.75 Å². The number of hydrogen-bond acceptors (Lipinski definition) is 4. The zero-order valence-corrected chi connectivity index (χ0v) is 19.4. The average Bonchev–Trinajstić information content (AvgIpc) is 3.38. The van der Waals surface area contributed by atoms with Crippen molar-refractivity contribution < 1.29 is 9.84 Å². The van der Waals surface area contributed by atoms with Crippen LogP contribution in [0.3, 0.4) is 0 Å². The monoisotopic (exact) mass is 502 g/mol. The number of rotatable bonds is 7. The second-order valence-corrected chi connectivity index (χ2v) is 7.57. The second-order valence-electron chi connectivity index (χ2n) is 7.57. The van der Waals surface area contributed by atoms with Gasteiger partial charge in [0.05, 0.1) is 19.8 Å². The first kappa shape index (κ1) is 23.2. The highest BCUT2D eigenvalue weighted by Crippen LogP contribution is 2.26. The molecule has 2 unspecified atom stereocenters. The van der Waals surface area contributed by atoms with E-state index >= 15 is 0 Å². The average molecular weight is 502 g/mol. The maximum absolute atomic E-state index is 10.4. The van der Waals surface area contributed by atoms with Gasteiger partial charge in [-0.25, -0.2) is 0 Å². The van der Waals surface area contributed by atoms with Crippen molar-refractivity contribution >= 4 is 29.9 Å². The summed E-state index contributed by atoms with van der Waals surface area (Å²) in [6, 6.07) is 8.71. The molecule has 3 N–H and O–H groups in total. The normalized spacial score (nSPS) is 22.0. The minimum atomic E-state index is -0.620. The SMILES string of the molecule is CCNC(=NCC(O)c1ccc(OC)cc1)NC1CCN(C2CCCC2)C1.I. The molecule has 1 aliphatic heterocycles. The molecule has 0 radical (unpaired) electrons. The number of guanidine groups is 1. The molecule has 0 aromatic heterocycles. The lowest BCUT2D eigenvalue weighted by Crippen LogP contribution is -2.45. The van der Waals surface area contributed by atoms with Crippen LogP contribution in [0.5, 0.6) is 5.75 Å². The Balaban J connectivity index is 0.00000280. The summed E-state index contributed by atoms with van der Waals surface area (Å²) in [6.45, 7) is 5.48. The van der Waals surface area contributed by atoms with Crippen LogP contribution < -0.4 is 15.4 Å². The number of nitrogens with one attached hydrogen (secondary N) is 2. The van der Waals surface area contributed by atoms with Crippen molar-refractivity contribution in [1.29, 1.82) is 0 Å². The van der Waals surface area contributed by atoms with Crippen LogP contribution in [0.1, 0.15) is 50.7 Å². The molecular weight excluding hydrogens is 467 g/mol. The lowest BCUT2D eigenvalue weighted by Gasteiger charge is -2.24. The molecule has 2 aliphatic rings. The number of nitrogens with zero attached hydrogens (tertiary/aromatic N) is 2. The molecule has 158 valence electrons. The fourth-order valence-electron chi connectivity index (χ4n) is 4.13. The van der Waals surface area contributed by atoms with Gasteiger partial charge in [0, 0.05) is 31.7 Å². The molecule has 3 rings (SSSR count). The number of aliphatic hydroxyl groups is 1. The zero-order chi connectivity index (χ0) is 19.1. The van der Waals surface area contributed by atoms with Crippen LogP contribution in [0.15, 0.2) is 29.3 Å². The van der Waals surface area contributed by atoms with E-state index in [2.05, 4.69) is 27.4 Å². The molecule has 0 amide bonds. The summed E-state index contributed by atoms with van der Waals surface area (Å²) in [5.74, 6) is 1.58. The summed E-state index contributed by atoms with van der Waals surface area (Å²) in [5.41, 5.74) is 0.851. The number of benzene rings is 1. The van der Waals surface area contributed by atoms with Gasteiger partial charge in [0.25, 0.3) is 0 Å². The van der Waals surface area contributed by atoms with E-state index in [0.29, 0.717) is 12.6 Å². The first-order chi connectivity index (χ1) is 13.2. The summed E-state index contributed by atoms with van der Waals surface area (Å²) >= 11 is 0. The van der Waals surface area contributed by atoms with Crippen molar-refractivity contribution in [3.05, 3.63) is 29.8 Å². The number of halogens is 1. The van der Waals surface area contributed by atoms with Crippen LogP contribution in [-0.2, 0) is 0 Å².